The van der Waals surface area contributed by atoms with Crippen LogP contribution in [0.4, 0.5) is 0 Å². The lowest BCUT2D eigenvalue weighted by molar-refractivity contribution is 0.0817. The summed E-state index contributed by atoms with van der Waals surface area (Å²) in [6.07, 6.45) is 8.15. The molecule has 3 aliphatic carbocycles. The summed E-state index contributed by atoms with van der Waals surface area (Å²) in [5, 5.41) is 0. The highest BCUT2D eigenvalue weighted by Crippen LogP contribution is 2.62. The molecule has 0 bridgehead atoms. The lowest BCUT2D eigenvalue weighted by Gasteiger charge is -2.49. The van der Waals surface area contributed by atoms with E-state index in [4.69, 9.17) is 0 Å². The molecule has 0 N–H and O–H groups in total. The lowest BCUT2D eigenvalue weighted by Crippen LogP contribution is -2.40. The van der Waals surface area contributed by atoms with Gasteiger partial charge in [0, 0.05) is 0 Å². The van der Waals surface area contributed by atoms with Gasteiger partial charge in [-0.05, 0) is 79.7 Å². The van der Waals surface area contributed by atoms with Crippen molar-refractivity contribution in [2.45, 2.75) is 58.3 Å². The van der Waals surface area contributed by atoms with Gasteiger partial charge in [0.15, 0.2) is 0 Å². The van der Waals surface area contributed by atoms with Crippen molar-refractivity contribution >= 4 is 0 Å². The maximum atomic E-state index is 4.40. The molecule has 3 aliphatic rings. The van der Waals surface area contributed by atoms with E-state index in [0.29, 0.717) is 5.41 Å². The van der Waals surface area contributed by atoms with Crippen LogP contribution in [-0.2, 0) is 6.42 Å². The summed E-state index contributed by atoms with van der Waals surface area (Å²) < 4.78 is 0. The summed E-state index contributed by atoms with van der Waals surface area (Å²) in [5.74, 6) is 2.66. The second-order valence-corrected chi connectivity index (χ2v) is 7.72. The van der Waals surface area contributed by atoms with E-state index in [1.54, 1.807) is 16.7 Å². The molecule has 106 valence electrons. The molecule has 2 unspecified atom stereocenters. The Balaban J connectivity index is 1.73. The Morgan fingerprint density at radius 3 is 2.85 bits per heavy atom. The molecule has 2 saturated carbocycles. The molecule has 4 atom stereocenters. The molecule has 0 heteroatoms. The summed E-state index contributed by atoms with van der Waals surface area (Å²) in [5.41, 5.74) is 6.77. The second-order valence-electron chi connectivity index (χ2n) is 7.72. The number of rotatable bonds is 0. The smallest absolute Gasteiger partial charge is 0.00876 e. The summed E-state index contributed by atoms with van der Waals surface area (Å²) in [4.78, 5) is 0. The molecule has 4 rings (SSSR count). The van der Waals surface area contributed by atoms with Crippen LogP contribution in [0.15, 0.2) is 30.4 Å². The fourth-order valence-corrected chi connectivity index (χ4v) is 5.62. The van der Waals surface area contributed by atoms with Crippen molar-refractivity contribution in [3.8, 4) is 0 Å². The minimum atomic E-state index is 0.462. The van der Waals surface area contributed by atoms with Crippen LogP contribution in [-0.4, -0.2) is 0 Å². The first kappa shape index (κ1) is 12.7. The van der Waals surface area contributed by atoms with Crippen LogP contribution in [0.25, 0.3) is 0 Å². The van der Waals surface area contributed by atoms with Gasteiger partial charge in [0.25, 0.3) is 0 Å². The van der Waals surface area contributed by atoms with Gasteiger partial charge in [0.05, 0.1) is 0 Å². The third kappa shape index (κ3) is 1.60. The van der Waals surface area contributed by atoms with E-state index < -0.39 is 0 Å². The van der Waals surface area contributed by atoms with E-state index in [0.717, 1.165) is 17.8 Å². The second kappa shape index (κ2) is 4.23. The van der Waals surface area contributed by atoms with Crippen LogP contribution in [0.2, 0.25) is 0 Å². The van der Waals surface area contributed by atoms with Gasteiger partial charge >= 0.3 is 0 Å². The molecule has 1 aromatic rings. The highest BCUT2D eigenvalue weighted by molar-refractivity contribution is 5.38. The molecule has 0 spiro atoms. The topological polar surface area (TPSA) is 0 Å². The van der Waals surface area contributed by atoms with Gasteiger partial charge in [-0.15, -0.1) is 0 Å². The fourth-order valence-electron chi connectivity index (χ4n) is 5.62. The van der Waals surface area contributed by atoms with Crippen molar-refractivity contribution in [3.63, 3.8) is 0 Å². The molecular formula is C20H26. The zero-order valence-electron chi connectivity index (χ0n) is 12.9. The molecule has 2 fully saturated rings. The van der Waals surface area contributed by atoms with Gasteiger partial charge in [0.2, 0.25) is 0 Å². The zero-order chi connectivity index (χ0) is 13.9. The molecule has 0 saturated heterocycles. The molecule has 0 radical (unpaired) electrons. The van der Waals surface area contributed by atoms with E-state index in [2.05, 4.69) is 38.6 Å². The first-order valence-corrected chi connectivity index (χ1v) is 8.37. The molecule has 0 aliphatic heterocycles. The Hall–Kier alpha value is -1.04. The van der Waals surface area contributed by atoms with Gasteiger partial charge < -0.3 is 0 Å². The fraction of sp³-hybridized carbons (Fsp3) is 0.600. The maximum absolute atomic E-state index is 4.40. The van der Waals surface area contributed by atoms with Crippen molar-refractivity contribution in [1.29, 1.82) is 0 Å². The van der Waals surface area contributed by atoms with Gasteiger partial charge in [0.1, 0.15) is 0 Å². The van der Waals surface area contributed by atoms with Crippen LogP contribution in [0.3, 0.4) is 0 Å². The van der Waals surface area contributed by atoms with Crippen molar-refractivity contribution in [2.24, 2.45) is 17.3 Å². The van der Waals surface area contributed by atoms with E-state index in [1.807, 2.05) is 0 Å². The first-order valence-electron chi connectivity index (χ1n) is 8.37. The third-order valence-corrected chi connectivity index (χ3v) is 6.84. The number of hydrogen-bond donors (Lipinski definition) is 0. The Morgan fingerprint density at radius 2 is 2.00 bits per heavy atom. The molecule has 0 aromatic heterocycles. The van der Waals surface area contributed by atoms with E-state index in [-0.39, 0.29) is 0 Å². The Bertz CT molecular complexity index is 567. The van der Waals surface area contributed by atoms with E-state index in [9.17, 15) is 0 Å². The largest absolute Gasteiger partial charge is 0.0993 e. The Labute approximate surface area is 123 Å². The number of aryl methyl sites for hydroxylation is 2. The van der Waals surface area contributed by atoms with Crippen LogP contribution in [0.1, 0.15) is 61.6 Å². The van der Waals surface area contributed by atoms with Crippen molar-refractivity contribution in [2.75, 3.05) is 0 Å². The zero-order valence-corrected chi connectivity index (χ0v) is 12.9. The van der Waals surface area contributed by atoms with Gasteiger partial charge in [-0.25, -0.2) is 0 Å². The summed E-state index contributed by atoms with van der Waals surface area (Å²) in [7, 11) is 0. The number of benzene rings is 1. The highest BCUT2D eigenvalue weighted by Gasteiger charge is 2.51. The standard InChI is InChI=1S/C20H26/c1-13-4-7-16-15(12-13)6-8-18-17(16)10-11-20(3)14(2)5-9-19(18)20/h4,7,12,17-19H,2,5-6,8-11H2,1,3H3/t17-,18?,19+,20?/m1/s1. The van der Waals surface area contributed by atoms with Crippen LogP contribution >= 0.6 is 0 Å². The SMILES string of the molecule is C=C1CC[C@H]2C3CCc4cc(C)ccc4[C@H]3CCC12C. The molecular weight excluding hydrogens is 240 g/mol. The number of hydrogen-bond acceptors (Lipinski definition) is 0. The third-order valence-electron chi connectivity index (χ3n) is 6.84. The predicted molar refractivity (Wildman–Crippen MR) is 84.9 cm³/mol. The molecule has 20 heavy (non-hydrogen) atoms. The Kier molecular flexibility index (Phi) is 2.68. The maximum Gasteiger partial charge on any atom is -0.00876 e. The van der Waals surface area contributed by atoms with Crippen LogP contribution in [0.5, 0.6) is 0 Å². The van der Waals surface area contributed by atoms with Crippen LogP contribution in [0, 0.1) is 24.2 Å². The van der Waals surface area contributed by atoms with Crippen molar-refractivity contribution in [3.05, 3.63) is 47.0 Å². The van der Waals surface area contributed by atoms with Crippen LogP contribution < -0.4 is 0 Å². The quantitative estimate of drug-likeness (QED) is 0.551. The van der Waals surface area contributed by atoms with Gasteiger partial charge in [-0.3, -0.25) is 0 Å². The summed E-state index contributed by atoms with van der Waals surface area (Å²) in [6, 6.07) is 7.20. The number of fused-ring (bicyclic) bond motifs is 5. The number of allylic oxidation sites excluding steroid dienone is 1. The van der Waals surface area contributed by atoms with E-state index >= 15 is 0 Å². The van der Waals surface area contributed by atoms with Gasteiger partial charge in [-0.1, -0.05) is 42.8 Å². The summed E-state index contributed by atoms with van der Waals surface area (Å²) >= 11 is 0. The predicted octanol–water partition coefficient (Wildman–Crippen LogP) is 5.41. The monoisotopic (exact) mass is 266 g/mol. The Morgan fingerprint density at radius 1 is 1.15 bits per heavy atom. The van der Waals surface area contributed by atoms with E-state index in [1.165, 1.54) is 44.1 Å². The molecule has 1 aromatic carbocycles. The average Bonchev–Trinajstić information content (AvgIpc) is 2.74. The average molecular weight is 266 g/mol. The minimum Gasteiger partial charge on any atom is -0.0993 e. The lowest BCUT2D eigenvalue weighted by atomic mass is 9.55. The molecule has 0 nitrogen and oxygen atoms in total. The minimum absolute atomic E-state index is 0.462. The molecule has 0 amide bonds. The van der Waals surface area contributed by atoms with Crippen molar-refractivity contribution in [1.82, 2.24) is 0 Å². The molecule has 0 heterocycles. The normalized spacial score (nSPS) is 39.1. The first-order chi connectivity index (χ1) is 9.59. The highest BCUT2D eigenvalue weighted by atomic mass is 14.6. The van der Waals surface area contributed by atoms with Gasteiger partial charge in [-0.2, -0.15) is 0 Å². The summed E-state index contributed by atoms with van der Waals surface area (Å²) in [6.45, 7) is 9.14. The van der Waals surface area contributed by atoms with Crippen molar-refractivity contribution < 1.29 is 0 Å².